The summed E-state index contributed by atoms with van der Waals surface area (Å²) in [5.41, 5.74) is -0.219. The van der Waals surface area contributed by atoms with E-state index in [2.05, 4.69) is 0 Å². The van der Waals surface area contributed by atoms with E-state index in [-0.39, 0.29) is 12.2 Å². The summed E-state index contributed by atoms with van der Waals surface area (Å²) in [6, 6.07) is 3.76. The molecule has 0 aliphatic rings. The maximum absolute atomic E-state index is 13.3. The minimum atomic E-state index is -0.844. The zero-order chi connectivity index (χ0) is 14.5. The molecule has 0 aromatic heterocycles. The molecule has 0 aliphatic carbocycles. The van der Waals surface area contributed by atoms with Crippen LogP contribution in [0.15, 0.2) is 18.2 Å². The molecule has 0 heterocycles. The van der Waals surface area contributed by atoms with Gasteiger partial charge >= 0.3 is 5.69 Å². The van der Waals surface area contributed by atoms with Gasteiger partial charge in [-0.1, -0.05) is 0 Å². The molecular weight excluding hydrogens is 253 g/mol. The molecule has 0 atom stereocenters. The number of nitro benzene ring substituents is 1. The first-order chi connectivity index (χ1) is 8.85. The van der Waals surface area contributed by atoms with Crippen LogP contribution >= 0.6 is 0 Å². The summed E-state index contributed by atoms with van der Waals surface area (Å²) >= 11 is 0. The van der Waals surface area contributed by atoms with Gasteiger partial charge in [-0.25, -0.2) is 0 Å². The number of nitrogens with zero attached hydrogens (tertiary/aromatic N) is 1. The second-order valence-corrected chi connectivity index (χ2v) is 4.81. The Balaban J connectivity index is 2.47. The van der Waals surface area contributed by atoms with Crippen LogP contribution in [0.4, 0.5) is 10.1 Å². The van der Waals surface area contributed by atoms with Crippen LogP contribution in [0.1, 0.15) is 25.8 Å². The van der Waals surface area contributed by atoms with E-state index in [4.69, 9.17) is 9.47 Å². The maximum atomic E-state index is 13.3. The molecule has 6 heteroatoms. The standard InChI is InChI=1S/C13H18FNO4/c1-13(2,18-3)6-7-19-9-10-4-5-12(15(16)17)11(14)8-10/h4-5,8H,6-7,9H2,1-3H3. The average molecular weight is 271 g/mol. The first-order valence-electron chi connectivity index (χ1n) is 5.91. The number of hydrogen-bond acceptors (Lipinski definition) is 4. The number of methoxy groups -OCH3 is 1. The van der Waals surface area contributed by atoms with E-state index in [1.54, 1.807) is 7.11 Å². The molecule has 1 aromatic carbocycles. The van der Waals surface area contributed by atoms with Crippen molar-refractivity contribution in [2.75, 3.05) is 13.7 Å². The predicted octanol–water partition coefficient (Wildman–Crippen LogP) is 3.07. The van der Waals surface area contributed by atoms with Gasteiger partial charge in [0.15, 0.2) is 0 Å². The highest BCUT2D eigenvalue weighted by atomic mass is 19.1. The third-order valence-electron chi connectivity index (χ3n) is 2.88. The number of benzene rings is 1. The fraction of sp³-hybridized carbons (Fsp3) is 0.538. The van der Waals surface area contributed by atoms with Crippen LogP contribution in [0.5, 0.6) is 0 Å². The fourth-order valence-electron chi connectivity index (χ4n) is 1.40. The van der Waals surface area contributed by atoms with E-state index in [0.717, 1.165) is 12.1 Å². The van der Waals surface area contributed by atoms with Crippen LogP contribution in [0, 0.1) is 15.9 Å². The summed E-state index contributed by atoms with van der Waals surface area (Å²) in [7, 11) is 1.63. The van der Waals surface area contributed by atoms with Gasteiger partial charge in [-0.05, 0) is 38.0 Å². The van der Waals surface area contributed by atoms with E-state index in [1.807, 2.05) is 13.8 Å². The molecule has 0 aliphatic heterocycles. The molecular formula is C13H18FNO4. The zero-order valence-electron chi connectivity index (χ0n) is 11.3. The highest BCUT2D eigenvalue weighted by molar-refractivity contribution is 5.34. The lowest BCUT2D eigenvalue weighted by atomic mass is 10.1. The van der Waals surface area contributed by atoms with E-state index in [0.29, 0.717) is 18.6 Å². The van der Waals surface area contributed by atoms with Gasteiger partial charge in [0.2, 0.25) is 5.82 Å². The second-order valence-electron chi connectivity index (χ2n) is 4.81. The highest BCUT2D eigenvalue weighted by Gasteiger charge is 2.16. The lowest BCUT2D eigenvalue weighted by molar-refractivity contribution is -0.387. The summed E-state index contributed by atoms with van der Waals surface area (Å²) in [6.07, 6.45) is 0.707. The lowest BCUT2D eigenvalue weighted by Gasteiger charge is -2.22. The number of halogens is 1. The fourth-order valence-corrected chi connectivity index (χ4v) is 1.40. The Labute approximate surface area is 111 Å². The van der Waals surface area contributed by atoms with E-state index in [9.17, 15) is 14.5 Å². The molecule has 0 radical (unpaired) electrons. The Hall–Kier alpha value is -1.53. The van der Waals surface area contributed by atoms with Gasteiger partial charge in [0.05, 0.1) is 17.1 Å². The topological polar surface area (TPSA) is 61.6 Å². The first kappa shape index (κ1) is 15.5. The molecule has 0 unspecified atom stereocenters. The van der Waals surface area contributed by atoms with Gasteiger partial charge in [0.25, 0.3) is 0 Å². The molecule has 0 N–H and O–H groups in total. The Morgan fingerprint density at radius 3 is 2.63 bits per heavy atom. The molecule has 5 nitrogen and oxygen atoms in total. The van der Waals surface area contributed by atoms with Crippen molar-refractivity contribution in [2.45, 2.75) is 32.5 Å². The van der Waals surface area contributed by atoms with Gasteiger partial charge in [-0.15, -0.1) is 0 Å². The van der Waals surface area contributed by atoms with Crippen molar-refractivity contribution >= 4 is 5.69 Å². The van der Waals surface area contributed by atoms with Crippen LogP contribution in [0.3, 0.4) is 0 Å². The van der Waals surface area contributed by atoms with Crippen molar-refractivity contribution in [3.05, 3.63) is 39.7 Å². The van der Waals surface area contributed by atoms with Crippen molar-refractivity contribution in [3.63, 3.8) is 0 Å². The number of rotatable bonds is 7. The van der Waals surface area contributed by atoms with Gasteiger partial charge in [0, 0.05) is 19.8 Å². The van der Waals surface area contributed by atoms with Crippen LogP contribution in [0.2, 0.25) is 0 Å². The molecule has 0 saturated carbocycles. The molecule has 19 heavy (non-hydrogen) atoms. The molecule has 0 amide bonds. The quantitative estimate of drug-likeness (QED) is 0.434. The maximum Gasteiger partial charge on any atom is 0.304 e. The lowest BCUT2D eigenvalue weighted by Crippen LogP contribution is -2.24. The van der Waals surface area contributed by atoms with Crippen LogP contribution in [-0.4, -0.2) is 24.2 Å². The van der Waals surface area contributed by atoms with Crippen molar-refractivity contribution in [1.29, 1.82) is 0 Å². The Bertz CT molecular complexity index is 448. The second kappa shape index (κ2) is 6.58. The molecule has 1 aromatic rings. The third kappa shape index (κ3) is 4.92. The summed E-state index contributed by atoms with van der Waals surface area (Å²) in [4.78, 5) is 9.71. The summed E-state index contributed by atoms with van der Waals surface area (Å²) in [5, 5.41) is 10.5. The molecule has 0 saturated heterocycles. The third-order valence-corrected chi connectivity index (χ3v) is 2.88. The van der Waals surface area contributed by atoms with Gasteiger partial charge in [-0.2, -0.15) is 4.39 Å². The highest BCUT2D eigenvalue weighted by Crippen LogP contribution is 2.19. The number of hydrogen-bond donors (Lipinski definition) is 0. The van der Waals surface area contributed by atoms with E-state index >= 15 is 0 Å². The molecule has 0 bridgehead atoms. The van der Waals surface area contributed by atoms with Gasteiger partial charge in [-0.3, -0.25) is 10.1 Å². The minimum Gasteiger partial charge on any atom is -0.379 e. The van der Waals surface area contributed by atoms with E-state index < -0.39 is 16.4 Å². The Morgan fingerprint density at radius 2 is 2.11 bits per heavy atom. The molecule has 0 fully saturated rings. The minimum absolute atomic E-state index is 0.217. The smallest absolute Gasteiger partial charge is 0.304 e. The normalized spacial score (nSPS) is 11.6. The van der Waals surface area contributed by atoms with Crippen molar-refractivity contribution in [1.82, 2.24) is 0 Å². The van der Waals surface area contributed by atoms with Crippen molar-refractivity contribution < 1.29 is 18.8 Å². The SMILES string of the molecule is COC(C)(C)CCOCc1ccc([N+](=O)[O-])c(F)c1. The molecule has 106 valence electrons. The van der Waals surface area contributed by atoms with Crippen LogP contribution in [-0.2, 0) is 16.1 Å². The molecule has 0 spiro atoms. The summed E-state index contributed by atoms with van der Waals surface area (Å²) in [6.45, 7) is 4.58. The monoisotopic (exact) mass is 271 g/mol. The summed E-state index contributed by atoms with van der Waals surface area (Å²) < 4.78 is 24.0. The van der Waals surface area contributed by atoms with E-state index in [1.165, 1.54) is 6.07 Å². The molecule has 1 rings (SSSR count). The Morgan fingerprint density at radius 1 is 1.42 bits per heavy atom. The zero-order valence-corrected chi connectivity index (χ0v) is 11.3. The summed E-state index contributed by atoms with van der Waals surface area (Å²) in [5.74, 6) is -0.844. The largest absolute Gasteiger partial charge is 0.379 e. The Kier molecular flexibility index (Phi) is 5.38. The van der Waals surface area contributed by atoms with Gasteiger partial charge in [0.1, 0.15) is 0 Å². The predicted molar refractivity (Wildman–Crippen MR) is 68.4 cm³/mol. The number of nitro groups is 1. The average Bonchev–Trinajstić information content (AvgIpc) is 2.34. The van der Waals surface area contributed by atoms with Crippen LogP contribution in [0.25, 0.3) is 0 Å². The number of ether oxygens (including phenoxy) is 2. The van der Waals surface area contributed by atoms with Crippen LogP contribution < -0.4 is 0 Å². The van der Waals surface area contributed by atoms with Crippen molar-refractivity contribution in [2.24, 2.45) is 0 Å². The first-order valence-corrected chi connectivity index (χ1v) is 5.91. The van der Waals surface area contributed by atoms with Gasteiger partial charge < -0.3 is 9.47 Å². The van der Waals surface area contributed by atoms with Crippen molar-refractivity contribution in [3.8, 4) is 0 Å².